The Morgan fingerprint density at radius 3 is 2.64 bits per heavy atom. The Bertz CT molecular complexity index is 709. The second-order valence-electron chi connectivity index (χ2n) is 4.43. The Labute approximate surface area is 132 Å². The molecule has 1 aromatic heterocycles. The van der Waals surface area contributed by atoms with Crippen LogP contribution in [0.15, 0.2) is 29.1 Å². The second kappa shape index (κ2) is 8.20. The lowest BCUT2D eigenvalue weighted by molar-refractivity contribution is -0.125. The number of nitrogens with two attached hydrogens (primary N) is 1. The standard InChI is InChI=1S/C13H17N5O3.ClH/c14-7-11(19)16-8-12(20)15-5-6-18-10-4-2-1-3-9(10)17-13(18)21;/h1-4H,5-8,14H2,(H,15,20)(H,16,19)(H,17,21);1H. The minimum absolute atomic E-state index is 0. The number of imidazole rings is 1. The molecule has 0 aliphatic rings. The summed E-state index contributed by atoms with van der Waals surface area (Å²) in [5, 5.41) is 4.99. The zero-order chi connectivity index (χ0) is 15.2. The molecule has 8 nitrogen and oxygen atoms in total. The van der Waals surface area contributed by atoms with E-state index in [1.807, 2.05) is 24.3 Å². The van der Waals surface area contributed by atoms with Gasteiger partial charge in [-0.15, -0.1) is 12.4 Å². The van der Waals surface area contributed by atoms with Crippen LogP contribution in [0.5, 0.6) is 0 Å². The Kier molecular flexibility index (Phi) is 6.61. The molecule has 0 saturated heterocycles. The van der Waals surface area contributed by atoms with Crippen molar-refractivity contribution in [3.8, 4) is 0 Å². The van der Waals surface area contributed by atoms with E-state index in [2.05, 4.69) is 15.6 Å². The van der Waals surface area contributed by atoms with Crippen molar-refractivity contribution in [2.75, 3.05) is 19.6 Å². The first-order valence-corrected chi connectivity index (χ1v) is 6.53. The first-order chi connectivity index (χ1) is 10.1. The summed E-state index contributed by atoms with van der Waals surface area (Å²) in [6.45, 7) is 0.356. The summed E-state index contributed by atoms with van der Waals surface area (Å²) in [7, 11) is 0. The number of rotatable bonds is 6. The molecule has 0 radical (unpaired) electrons. The topological polar surface area (TPSA) is 122 Å². The number of carbonyl (C=O) groups is 2. The first kappa shape index (κ1) is 17.7. The summed E-state index contributed by atoms with van der Waals surface area (Å²) in [4.78, 5) is 36.9. The number of para-hydroxylation sites is 2. The van der Waals surface area contributed by atoms with Gasteiger partial charge in [0.05, 0.1) is 24.1 Å². The molecule has 0 saturated carbocycles. The summed E-state index contributed by atoms with van der Waals surface area (Å²) in [6, 6.07) is 7.32. The van der Waals surface area contributed by atoms with Crippen LogP contribution in [0.3, 0.4) is 0 Å². The third-order valence-corrected chi connectivity index (χ3v) is 2.97. The lowest BCUT2D eigenvalue weighted by Gasteiger charge is -2.07. The van der Waals surface area contributed by atoms with Gasteiger partial charge in [0.1, 0.15) is 0 Å². The fourth-order valence-electron chi connectivity index (χ4n) is 1.95. The maximum atomic E-state index is 11.8. The van der Waals surface area contributed by atoms with Gasteiger partial charge in [-0.3, -0.25) is 14.2 Å². The predicted octanol–water partition coefficient (Wildman–Crippen LogP) is -1.06. The second-order valence-corrected chi connectivity index (χ2v) is 4.43. The van der Waals surface area contributed by atoms with E-state index in [4.69, 9.17) is 5.73 Å². The molecule has 0 unspecified atom stereocenters. The Morgan fingerprint density at radius 2 is 1.91 bits per heavy atom. The number of nitrogens with zero attached hydrogens (tertiary/aromatic N) is 1. The van der Waals surface area contributed by atoms with Crippen LogP contribution < -0.4 is 22.1 Å². The normalized spacial score (nSPS) is 10.0. The minimum Gasteiger partial charge on any atom is -0.353 e. The maximum Gasteiger partial charge on any atom is 0.326 e. The minimum atomic E-state index is -0.391. The zero-order valence-electron chi connectivity index (χ0n) is 11.8. The van der Waals surface area contributed by atoms with E-state index >= 15 is 0 Å². The Balaban J connectivity index is 0.00000242. The Morgan fingerprint density at radius 1 is 1.18 bits per heavy atom. The molecule has 1 aromatic carbocycles. The van der Waals surface area contributed by atoms with Gasteiger partial charge in [0, 0.05) is 13.1 Å². The summed E-state index contributed by atoms with van der Waals surface area (Å²) >= 11 is 0. The smallest absolute Gasteiger partial charge is 0.326 e. The fraction of sp³-hybridized carbons (Fsp3) is 0.308. The number of aromatic amines is 1. The van der Waals surface area contributed by atoms with E-state index in [9.17, 15) is 14.4 Å². The van der Waals surface area contributed by atoms with E-state index in [0.717, 1.165) is 11.0 Å². The molecule has 22 heavy (non-hydrogen) atoms. The Hall–Kier alpha value is -2.32. The summed E-state index contributed by atoms with van der Waals surface area (Å²) < 4.78 is 1.55. The van der Waals surface area contributed by atoms with Crippen molar-refractivity contribution in [2.45, 2.75) is 6.54 Å². The molecule has 2 amide bonds. The molecular formula is C13H18ClN5O3. The van der Waals surface area contributed by atoms with Crippen molar-refractivity contribution in [2.24, 2.45) is 5.73 Å². The third-order valence-electron chi connectivity index (χ3n) is 2.97. The number of amides is 2. The van der Waals surface area contributed by atoms with Crippen LogP contribution in [0.1, 0.15) is 0 Å². The van der Waals surface area contributed by atoms with Crippen LogP contribution in [-0.4, -0.2) is 41.0 Å². The average molecular weight is 328 g/mol. The zero-order valence-corrected chi connectivity index (χ0v) is 12.6. The average Bonchev–Trinajstić information content (AvgIpc) is 2.81. The van der Waals surface area contributed by atoms with Gasteiger partial charge < -0.3 is 21.4 Å². The number of aromatic nitrogens is 2. The van der Waals surface area contributed by atoms with Crippen molar-refractivity contribution < 1.29 is 9.59 Å². The number of hydrogen-bond acceptors (Lipinski definition) is 4. The number of fused-ring (bicyclic) bond motifs is 1. The van der Waals surface area contributed by atoms with Crippen LogP contribution in [-0.2, 0) is 16.1 Å². The van der Waals surface area contributed by atoms with Gasteiger partial charge in [0.15, 0.2) is 0 Å². The van der Waals surface area contributed by atoms with Gasteiger partial charge in [-0.2, -0.15) is 0 Å². The van der Waals surface area contributed by atoms with Gasteiger partial charge in [-0.1, -0.05) is 12.1 Å². The highest BCUT2D eigenvalue weighted by molar-refractivity contribution is 5.85. The molecule has 2 aromatic rings. The van der Waals surface area contributed by atoms with Crippen LogP contribution in [0.4, 0.5) is 0 Å². The summed E-state index contributed by atoms with van der Waals surface area (Å²) in [6.07, 6.45) is 0. The molecule has 0 aliphatic heterocycles. The van der Waals surface area contributed by atoms with Gasteiger partial charge in [0.2, 0.25) is 11.8 Å². The van der Waals surface area contributed by atoms with E-state index in [1.165, 1.54) is 0 Å². The molecule has 0 spiro atoms. The molecule has 0 fully saturated rings. The van der Waals surface area contributed by atoms with Crippen molar-refractivity contribution in [1.82, 2.24) is 20.2 Å². The lowest BCUT2D eigenvalue weighted by Crippen LogP contribution is -2.40. The molecular weight excluding hydrogens is 310 g/mol. The largest absolute Gasteiger partial charge is 0.353 e. The van der Waals surface area contributed by atoms with Crippen LogP contribution in [0.2, 0.25) is 0 Å². The van der Waals surface area contributed by atoms with E-state index in [0.29, 0.717) is 13.1 Å². The van der Waals surface area contributed by atoms with E-state index in [1.54, 1.807) is 4.57 Å². The van der Waals surface area contributed by atoms with Crippen molar-refractivity contribution >= 4 is 35.3 Å². The molecule has 9 heteroatoms. The number of hydrogen-bond donors (Lipinski definition) is 4. The highest BCUT2D eigenvalue weighted by Gasteiger charge is 2.07. The third kappa shape index (κ3) is 4.34. The fourth-order valence-corrected chi connectivity index (χ4v) is 1.95. The van der Waals surface area contributed by atoms with E-state index in [-0.39, 0.29) is 37.1 Å². The summed E-state index contributed by atoms with van der Waals surface area (Å²) in [5.74, 6) is -0.720. The first-order valence-electron chi connectivity index (χ1n) is 6.53. The predicted molar refractivity (Wildman–Crippen MR) is 84.9 cm³/mol. The molecule has 1 heterocycles. The van der Waals surface area contributed by atoms with Gasteiger partial charge in [-0.25, -0.2) is 4.79 Å². The molecule has 120 valence electrons. The highest BCUT2D eigenvalue weighted by Crippen LogP contribution is 2.08. The number of halogens is 1. The number of H-pyrrole nitrogens is 1. The monoisotopic (exact) mass is 327 g/mol. The molecule has 2 rings (SSSR count). The number of carbonyl (C=O) groups excluding carboxylic acids is 2. The quantitative estimate of drug-likeness (QED) is 0.540. The SMILES string of the molecule is Cl.NCC(=O)NCC(=O)NCCn1c(=O)[nH]c2ccccc21. The highest BCUT2D eigenvalue weighted by atomic mass is 35.5. The molecule has 0 aliphatic carbocycles. The lowest BCUT2D eigenvalue weighted by atomic mass is 10.3. The van der Waals surface area contributed by atoms with Crippen molar-refractivity contribution in [3.05, 3.63) is 34.7 Å². The molecule has 5 N–H and O–H groups in total. The van der Waals surface area contributed by atoms with E-state index < -0.39 is 5.91 Å². The van der Waals surface area contributed by atoms with Crippen molar-refractivity contribution in [1.29, 1.82) is 0 Å². The van der Waals surface area contributed by atoms with Gasteiger partial charge in [-0.05, 0) is 12.1 Å². The van der Waals surface area contributed by atoms with Crippen LogP contribution in [0.25, 0.3) is 11.0 Å². The maximum absolute atomic E-state index is 11.8. The molecule has 0 bridgehead atoms. The number of nitrogens with one attached hydrogen (secondary N) is 3. The van der Waals surface area contributed by atoms with Gasteiger partial charge in [0.25, 0.3) is 0 Å². The summed E-state index contributed by atoms with van der Waals surface area (Å²) in [5.41, 5.74) is 6.43. The van der Waals surface area contributed by atoms with Crippen LogP contribution >= 0.6 is 12.4 Å². The van der Waals surface area contributed by atoms with Crippen LogP contribution in [0, 0.1) is 0 Å². The molecule has 0 atom stereocenters. The van der Waals surface area contributed by atoms with Gasteiger partial charge >= 0.3 is 5.69 Å². The van der Waals surface area contributed by atoms with Crippen molar-refractivity contribution in [3.63, 3.8) is 0 Å². The number of benzene rings is 1.